The first-order chi connectivity index (χ1) is 10.5. The molecular formula is C15H24N4O2S. The van der Waals surface area contributed by atoms with E-state index in [9.17, 15) is 9.59 Å². The molecule has 1 aliphatic carbocycles. The molecule has 1 aromatic heterocycles. The lowest BCUT2D eigenvalue weighted by Gasteiger charge is -2.20. The van der Waals surface area contributed by atoms with Gasteiger partial charge in [-0.3, -0.25) is 14.9 Å². The number of aromatic nitrogens is 2. The molecule has 2 amide bonds. The second kappa shape index (κ2) is 7.67. The van der Waals surface area contributed by atoms with Gasteiger partial charge in [0.25, 0.3) is 0 Å². The molecule has 1 heterocycles. The van der Waals surface area contributed by atoms with E-state index in [0.29, 0.717) is 11.0 Å². The van der Waals surface area contributed by atoms with Crippen LogP contribution >= 0.6 is 11.3 Å². The van der Waals surface area contributed by atoms with Crippen LogP contribution in [0, 0.1) is 5.92 Å². The molecule has 1 atom stereocenters. The number of hydrogen-bond acceptors (Lipinski definition) is 5. The summed E-state index contributed by atoms with van der Waals surface area (Å²) >= 11 is 1.45. The van der Waals surface area contributed by atoms with Crippen LogP contribution in [0.3, 0.4) is 0 Å². The topological polar surface area (TPSA) is 84.0 Å². The Bertz CT molecular complexity index is 523. The molecule has 7 heteroatoms. The minimum atomic E-state index is -0.556. The maximum absolute atomic E-state index is 12.3. The third-order valence-electron chi connectivity index (χ3n) is 3.93. The van der Waals surface area contributed by atoms with E-state index in [-0.39, 0.29) is 17.7 Å². The Balaban J connectivity index is 1.98. The molecule has 0 unspecified atom stereocenters. The third kappa shape index (κ3) is 4.50. The van der Waals surface area contributed by atoms with Crippen LogP contribution in [-0.2, 0) is 9.59 Å². The van der Waals surface area contributed by atoms with Crippen molar-refractivity contribution in [2.45, 2.75) is 64.8 Å². The highest BCUT2D eigenvalue weighted by Crippen LogP contribution is 2.35. The average Bonchev–Trinajstić information content (AvgIpc) is 2.93. The number of nitrogens with zero attached hydrogens (tertiary/aromatic N) is 2. The van der Waals surface area contributed by atoms with Crippen LogP contribution in [0.25, 0.3) is 0 Å². The van der Waals surface area contributed by atoms with Crippen molar-refractivity contribution in [1.82, 2.24) is 15.5 Å². The van der Waals surface area contributed by atoms with Crippen LogP contribution in [0.1, 0.15) is 63.8 Å². The lowest BCUT2D eigenvalue weighted by Crippen LogP contribution is -2.46. The fourth-order valence-corrected chi connectivity index (χ4v) is 3.65. The van der Waals surface area contributed by atoms with Gasteiger partial charge in [0.2, 0.25) is 16.9 Å². The van der Waals surface area contributed by atoms with Crippen LogP contribution in [-0.4, -0.2) is 28.1 Å². The molecule has 1 aliphatic rings. The van der Waals surface area contributed by atoms with E-state index >= 15 is 0 Å². The van der Waals surface area contributed by atoms with E-state index in [0.717, 1.165) is 17.8 Å². The third-order valence-corrected chi connectivity index (χ3v) is 4.93. The summed E-state index contributed by atoms with van der Waals surface area (Å²) in [6, 6.07) is -0.556. The predicted octanol–water partition coefficient (Wildman–Crippen LogP) is 2.69. The number of nitrogens with one attached hydrogen (secondary N) is 2. The highest BCUT2D eigenvalue weighted by atomic mass is 32.1. The van der Waals surface area contributed by atoms with E-state index in [1.165, 1.54) is 37.5 Å². The van der Waals surface area contributed by atoms with Crippen molar-refractivity contribution in [2.75, 3.05) is 5.32 Å². The van der Waals surface area contributed by atoms with Gasteiger partial charge in [-0.05, 0) is 18.8 Å². The Morgan fingerprint density at radius 3 is 2.45 bits per heavy atom. The fraction of sp³-hybridized carbons (Fsp3) is 0.733. The first-order valence-electron chi connectivity index (χ1n) is 7.88. The van der Waals surface area contributed by atoms with Crippen molar-refractivity contribution in [3.05, 3.63) is 5.01 Å². The highest BCUT2D eigenvalue weighted by Gasteiger charge is 2.25. The number of carbonyl (C=O) groups is 2. The normalized spacial score (nSPS) is 17.3. The Morgan fingerprint density at radius 1 is 1.18 bits per heavy atom. The maximum atomic E-state index is 12.3. The Labute approximate surface area is 135 Å². The number of hydrogen-bond donors (Lipinski definition) is 2. The largest absolute Gasteiger partial charge is 0.344 e. The number of amides is 2. The van der Waals surface area contributed by atoms with Gasteiger partial charge in [0.1, 0.15) is 11.0 Å². The van der Waals surface area contributed by atoms with E-state index in [2.05, 4.69) is 20.8 Å². The second-order valence-corrected chi connectivity index (χ2v) is 7.20. The van der Waals surface area contributed by atoms with E-state index in [1.807, 2.05) is 13.8 Å². The maximum Gasteiger partial charge on any atom is 0.249 e. The molecule has 0 saturated heterocycles. The smallest absolute Gasteiger partial charge is 0.249 e. The first kappa shape index (κ1) is 16.9. The Hall–Kier alpha value is -1.50. The standard InChI is InChI=1S/C15H24N4O2S/c1-9(2)12(16-10(3)20)13(21)17-15-19-18-14(22-15)11-7-5-4-6-8-11/h9,11-12H,4-8H2,1-3H3,(H,16,20)(H,17,19,21)/t12-/m1/s1. The van der Waals surface area contributed by atoms with Gasteiger partial charge in [-0.2, -0.15) is 0 Å². The summed E-state index contributed by atoms with van der Waals surface area (Å²) in [6.07, 6.45) is 6.09. The van der Waals surface area contributed by atoms with Crippen LogP contribution in [0.5, 0.6) is 0 Å². The van der Waals surface area contributed by atoms with Crippen molar-refractivity contribution < 1.29 is 9.59 Å². The number of rotatable bonds is 5. The van der Waals surface area contributed by atoms with Crippen molar-refractivity contribution >= 4 is 28.3 Å². The molecule has 0 spiro atoms. The Kier molecular flexibility index (Phi) is 5.88. The van der Waals surface area contributed by atoms with E-state index in [1.54, 1.807) is 0 Å². The lowest BCUT2D eigenvalue weighted by molar-refractivity contribution is -0.126. The minimum Gasteiger partial charge on any atom is -0.344 e. The number of carbonyl (C=O) groups excluding carboxylic acids is 2. The Morgan fingerprint density at radius 2 is 1.86 bits per heavy atom. The zero-order chi connectivity index (χ0) is 16.1. The molecule has 2 rings (SSSR count). The van der Waals surface area contributed by atoms with E-state index < -0.39 is 6.04 Å². The van der Waals surface area contributed by atoms with Crippen LogP contribution in [0.15, 0.2) is 0 Å². The first-order valence-corrected chi connectivity index (χ1v) is 8.70. The summed E-state index contributed by atoms with van der Waals surface area (Å²) in [6.45, 7) is 5.20. The number of anilines is 1. The van der Waals surface area contributed by atoms with Crippen molar-refractivity contribution in [3.8, 4) is 0 Å². The van der Waals surface area contributed by atoms with Gasteiger partial charge in [-0.15, -0.1) is 10.2 Å². The van der Waals surface area contributed by atoms with E-state index in [4.69, 9.17) is 0 Å². The molecule has 0 aliphatic heterocycles. The monoisotopic (exact) mass is 324 g/mol. The molecule has 0 aromatic carbocycles. The molecule has 1 fully saturated rings. The quantitative estimate of drug-likeness (QED) is 0.872. The summed E-state index contributed by atoms with van der Waals surface area (Å²) in [5.41, 5.74) is 0. The SMILES string of the molecule is CC(=O)N[C@@H](C(=O)Nc1nnc(C2CCCCC2)s1)C(C)C. The van der Waals surface area contributed by atoms with Crippen LogP contribution in [0.2, 0.25) is 0 Å². The molecule has 2 N–H and O–H groups in total. The minimum absolute atomic E-state index is 0.00892. The zero-order valence-electron chi connectivity index (χ0n) is 13.4. The summed E-state index contributed by atoms with van der Waals surface area (Å²) < 4.78 is 0. The summed E-state index contributed by atoms with van der Waals surface area (Å²) in [7, 11) is 0. The van der Waals surface area contributed by atoms with Crippen molar-refractivity contribution in [1.29, 1.82) is 0 Å². The average molecular weight is 324 g/mol. The summed E-state index contributed by atoms with van der Waals surface area (Å²) in [5.74, 6) is 0.0355. The molecule has 122 valence electrons. The van der Waals surface area contributed by atoms with Gasteiger partial charge in [0.15, 0.2) is 0 Å². The van der Waals surface area contributed by atoms with Gasteiger partial charge in [-0.1, -0.05) is 44.4 Å². The van der Waals surface area contributed by atoms with Gasteiger partial charge in [0, 0.05) is 12.8 Å². The summed E-state index contributed by atoms with van der Waals surface area (Å²) in [5, 5.41) is 15.3. The van der Waals surface area contributed by atoms with Crippen LogP contribution in [0.4, 0.5) is 5.13 Å². The van der Waals surface area contributed by atoms with Crippen molar-refractivity contribution in [3.63, 3.8) is 0 Å². The van der Waals surface area contributed by atoms with Gasteiger partial charge >= 0.3 is 0 Å². The summed E-state index contributed by atoms with van der Waals surface area (Å²) in [4.78, 5) is 23.5. The lowest BCUT2D eigenvalue weighted by atomic mass is 9.90. The highest BCUT2D eigenvalue weighted by molar-refractivity contribution is 7.15. The fourth-order valence-electron chi connectivity index (χ4n) is 2.74. The van der Waals surface area contributed by atoms with Gasteiger partial charge in [0.05, 0.1) is 0 Å². The molecule has 1 aromatic rings. The molecular weight excluding hydrogens is 300 g/mol. The molecule has 6 nitrogen and oxygen atoms in total. The molecule has 0 bridgehead atoms. The van der Waals surface area contributed by atoms with Gasteiger partial charge in [-0.25, -0.2) is 0 Å². The molecule has 1 saturated carbocycles. The van der Waals surface area contributed by atoms with Gasteiger partial charge < -0.3 is 5.32 Å². The molecule has 0 radical (unpaired) electrons. The van der Waals surface area contributed by atoms with Crippen LogP contribution < -0.4 is 10.6 Å². The predicted molar refractivity (Wildman–Crippen MR) is 86.8 cm³/mol. The molecule has 22 heavy (non-hydrogen) atoms. The zero-order valence-corrected chi connectivity index (χ0v) is 14.2. The van der Waals surface area contributed by atoms with Crippen molar-refractivity contribution in [2.24, 2.45) is 5.92 Å². The second-order valence-electron chi connectivity index (χ2n) is 6.19.